The number of carbonyl (C=O) groups is 2. The van der Waals surface area contributed by atoms with Crippen molar-refractivity contribution < 1.29 is 19.1 Å². The zero-order chi connectivity index (χ0) is 13.7. The highest BCUT2D eigenvalue weighted by Gasteiger charge is 2.24. The minimum Gasteiger partial charge on any atom is -0.489 e. The highest BCUT2D eigenvalue weighted by molar-refractivity contribution is 7.99. The van der Waals surface area contributed by atoms with Crippen LogP contribution in [0.15, 0.2) is 24.3 Å². The average molecular weight is 280 g/mol. The third-order valence-electron chi connectivity index (χ3n) is 2.77. The van der Waals surface area contributed by atoms with Gasteiger partial charge in [0.2, 0.25) is 0 Å². The van der Waals surface area contributed by atoms with E-state index in [1.807, 2.05) is 11.8 Å². The van der Waals surface area contributed by atoms with E-state index in [4.69, 9.17) is 9.47 Å². The fourth-order valence-corrected chi connectivity index (χ4v) is 2.94. The lowest BCUT2D eigenvalue weighted by Gasteiger charge is -2.15. The van der Waals surface area contributed by atoms with E-state index in [0.29, 0.717) is 5.75 Å². The molecule has 0 saturated carbocycles. The molecule has 0 N–H and O–H groups in total. The van der Waals surface area contributed by atoms with Crippen LogP contribution >= 0.6 is 11.8 Å². The Morgan fingerprint density at radius 2 is 2.16 bits per heavy atom. The van der Waals surface area contributed by atoms with Crippen molar-refractivity contribution in [1.29, 1.82) is 0 Å². The molecule has 2 rings (SSSR count). The number of rotatable bonds is 5. The van der Waals surface area contributed by atoms with E-state index >= 15 is 0 Å². The molecule has 1 fully saturated rings. The summed E-state index contributed by atoms with van der Waals surface area (Å²) >= 11 is 1.83. The summed E-state index contributed by atoms with van der Waals surface area (Å²) in [5.74, 6) is 0.969. The second kappa shape index (κ2) is 6.61. The van der Waals surface area contributed by atoms with Crippen molar-refractivity contribution in [2.24, 2.45) is 0 Å². The monoisotopic (exact) mass is 280 g/mol. The van der Waals surface area contributed by atoms with Gasteiger partial charge in [-0.1, -0.05) is 12.1 Å². The largest absolute Gasteiger partial charge is 0.489 e. The van der Waals surface area contributed by atoms with Gasteiger partial charge in [-0.25, -0.2) is 4.79 Å². The number of esters is 1. The molecule has 1 unspecified atom stereocenters. The molecule has 0 amide bonds. The van der Waals surface area contributed by atoms with E-state index in [1.54, 1.807) is 31.2 Å². The SMILES string of the molecule is CCOC(=O)C(=O)c1ccccc1OC1CCSC1. The van der Waals surface area contributed by atoms with Crippen LogP contribution in [0.4, 0.5) is 0 Å². The first-order valence-corrected chi connectivity index (χ1v) is 7.42. The molecule has 1 aliphatic rings. The first kappa shape index (κ1) is 13.9. The molecule has 0 radical (unpaired) electrons. The summed E-state index contributed by atoms with van der Waals surface area (Å²) in [7, 11) is 0. The Hall–Kier alpha value is -1.49. The summed E-state index contributed by atoms with van der Waals surface area (Å²) in [6.45, 7) is 1.86. The fraction of sp³-hybridized carbons (Fsp3) is 0.429. The van der Waals surface area contributed by atoms with Crippen LogP contribution in [-0.2, 0) is 9.53 Å². The Morgan fingerprint density at radius 1 is 1.37 bits per heavy atom. The second-order valence-corrected chi connectivity index (χ2v) is 5.30. The summed E-state index contributed by atoms with van der Waals surface area (Å²) in [6.07, 6.45) is 1.08. The number of para-hydroxylation sites is 1. The molecule has 1 aromatic carbocycles. The van der Waals surface area contributed by atoms with Gasteiger partial charge in [0, 0.05) is 5.75 Å². The predicted octanol–water partition coefficient (Wildman–Crippen LogP) is 2.32. The van der Waals surface area contributed by atoms with Gasteiger partial charge in [-0.2, -0.15) is 11.8 Å². The molecule has 4 nitrogen and oxygen atoms in total. The Morgan fingerprint density at radius 3 is 2.84 bits per heavy atom. The first-order valence-electron chi connectivity index (χ1n) is 6.27. The van der Waals surface area contributed by atoms with E-state index in [1.165, 1.54) is 0 Å². The van der Waals surface area contributed by atoms with E-state index < -0.39 is 11.8 Å². The van der Waals surface area contributed by atoms with Crippen LogP contribution in [0.1, 0.15) is 23.7 Å². The highest BCUT2D eigenvalue weighted by atomic mass is 32.2. The van der Waals surface area contributed by atoms with Crippen LogP contribution in [-0.4, -0.2) is 36.0 Å². The molecule has 102 valence electrons. The molecule has 1 heterocycles. The van der Waals surface area contributed by atoms with Crippen molar-refractivity contribution >= 4 is 23.5 Å². The molecule has 0 bridgehead atoms. The smallest absolute Gasteiger partial charge is 0.379 e. The standard InChI is InChI=1S/C14H16O4S/c1-2-17-14(16)13(15)11-5-3-4-6-12(11)18-10-7-8-19-9-10/h3-6,10H,2,7-9H2,1H3. The van der Waals surface area contributed by atoms with Crippen molar-refractivity contribution in [3.63, 3.8) is 0 Å². The zero-order valence-corrected chi connectivity index (χ0v) is 11.6. The number of hydrogen-bond acceptors (Lipinski definition) is 5. The quantitative estimate of drug-likeness (QED) is 0.470. The second-order valence-electron chi connectivity index (χ2n) is 4.15. The predicted molar refractivity (Wildman–Crippen MR) is 73.8 cm³/mol. The minimum atomic E-state index is -0.834. The van der Waals surface area contributed by atoms with Gasteiger partial charge >= 0.3 is 5.97 Å². The van der Waals surface area contributed by atoms with Crippen LogP contribution in [0.3, 0.4) is 0 Å². The molecular weight excluding hydrogens is 264 g/mol. The van der Waals surface area contributed by atoms with Gasteiger partial charge in [-0.15, -0.1) is 0 Å². The van der Waals surface area contributed by atoms with E-state index in [2.05, 4.69) is 0 Å². The van der Waals surface area contributed by atoms with Crippen LogP contribution in [0.2, 0.25) is 0 Å². The van der Waals surface area contributed by atoms with Crippen molar-refractivity contribution in [3.05, 3.63) is 29.8 Å². The Balaban J connectivity index is 2.15. The van der Waals surface area contributed by atoms with Crippen LogP contribution in [0.25, 0.3) is 0 Å². The van der Waals surface area contributed by atoms with Gasteiger partial charge in [0.1, 0.15) is 11.9 Å². The van der Waals surface area contributed by atoms with Crippen molar-refractivity contribution in [1.82, 2.24) is 0 Å². The third kappa shape index (κ3) is 3.50. The summed E-state index contributed by atoms with van der Waals surface area (Å²) in [5, 5.41) is 0. The van der Waals surface area contributed by atoms with E-state index in [0.717, 1.165) is 17.9 Å². The zero-order valence-electron chi connectivity index (χ0n) is 10.8. The lowest BCUT2D eigenvalue weighted by atomic mass is 10.1. The topological polar surface area (TPSA) is 52.6 Å². The Labute approximate surface area is 116 Å². The average Bonchev–Trinajstić information content (AvgIpc) is 2.92. The molecule has 1 aliphatic heterocycles. The summed E-state index contributed by atoms with van der Waals surface area (Å²) < 4.78 is 10.5. The number of thioether (sulfide) groups is 1. The fourth-order valence-electron chi connectivity index (χ4n) is 1.85. The maximum absolute atomic E-state index is 12.0. The molecule has 1 atom stereocenters. The minimum absolute atomic E-state index is 0.112. The Kier molecular flexibility index (Phi) is 4.85. The number of benzene rings is 1. The maximum Gasteiger partial charge on any atom is 0.379 e. The highest BCUT2D eigenvalue weighted by Crippen LogP contribution is 2.26. The summed E-state index contributed by atoms with van der Waals surface area (Å²) in [5.41, 5.74) is 0.276. The summed E-state index contributed by atoms with van der Waals surface area (Å²) in [6, 6.07) is 6.81. The molecule has 0 spiro atoms. The van der Waals surface area contributed by atoms with Crippen LogP contribution in [0.5, 0.6) is 5.75 Å². The van der Waals surface area contributed by atoms with E-state index in [-0.39, 0.29) is 18.3 Å². The van der Waals surface area contributed by atoms with Gasteiger partial charge in [-0.05, 0) is 31.2 Å². The normalized spacial score (nSPS) is 18.1. The number of ketones is 1. The molecule has 0 aromatic heterocycles. The van der Waals surface area contributed by atoms with Crippen LogP contribution < -0.4 is 4.74 Å². The first-order chi connectivity index (χ1) is 9.22. The van der Waals surface area contributed by atoms with Crippen molar-refractivity contribution in [3.8, 4) is 5.75 Å². The molecule has 5 heteroatoms. The lowest BCUT2D eigenvalue weighted by molar-refractivity contribution is -0.137. The maximum atomic E-state index is 12.0. The number of Topliss-reactive ketones (excluding diaryl/α,β-unsaturated/α-hetero) is 1. The van der Waals surface area contributed by atoms with Crippen LogP contribution in [0, 0.1) is 0 Å². The molecular formula is C14H16O4S. The molecule has 1 saturated heterocycles. The molecule has 19 heavy (non-hydrogen) atoms. The molecule has 1 aromatic rings. The number of hydrogen-bond donors (Lipinski definition) is 0. The van der Waals surface area contributed by atoms with Gasteiger partial charge < -0.3 is 9.47 Å². The van der Waals surface area contributed by atoms with Gasteiger partial charge in [-0.3, -0.25) is 4.79 Å². The van der Waals surface area contributed by atoms with Gasteiger partial charge in [0.25, 0.3) is 5.78 Å². The van der Waals surface area contributed by atoms with E-state index in [9.17, 15) is 9.59 Å². The van der Waals surface area contributed by atoms with Gasteiger partial charge in [0.05, 0.1) is 12.2 Å². The Bertz CT molecular complexity index is 466. The van der Waals surface area contributed by atoms with Gasteiger partial charge in [0.15, 0.2) is 0 Å². The summed E-state index contributed by atoms with van der Waals surface area (Å²) in [4.78, 5) is 23.5. The van der Waals surface area contributed by atoms with Crippen molar-refractivity contribution in [2.75, 3.05) is 18.1 Å². The number of ether oxygens (including phenoxy) is 2. The number of carbonyl (C=O) groups excluding carboxylic acids is 2. The lowest BCUT2D eigenvalue weighted by Crippen LogP contribution is -2.21. The third-order valence-corrected chi connectivity index (χ3v) is 3.91. The van der Waals surface area contributed by atoms with Crippen molar-refractivity contribution in [2.45, 2.75) is 19.4 Å². The molecule has 0 aliphatic carbocycles.